The van der Waals surface area contributed by atoms with E-state index in [1.54, 1.807) is 7.11 Å². The summed E-state index contributed by atoms with van der Waals surface area (Å²) in [4.78, 5) is 27.6. The lowest BCUT2D eigenvalue weighted by atomic mass is 9.88. The van der Waals surface area contributed by atoms with Crippen molar-refractivity contribution < 1.29 is 24.2 Å². The number of aliphatic hydroxyl groups is 1. The van der Waals surface area contributed by atoms with Gasteiger partial charge in [-0.05, 0) is 74.4 Å². The number of likely N-dealkylation sites (tertiary alicyclic amines) is 1. The summed E-state index contributed by atoms with van der Waals surface area (Å²) in [6.45, 7) is 4.40. The van der Waals surface area contributed by atoms with Crippen LogP contribution in [0.4, 0.5) is 0 Å². The SMILES string of the molecule is COCCN1C(=O)C(=O)/C(=C(\O)c2ccc3c(c2)CCCC3)C1c1cccc(OC(C)C)c1. The number of carbonyl (C=O) groups is 2. The molecular weight excluding hydrogens is 418 g/mol. The normalized spacial score (nSPS) is 19.8. The zero-order valence-corrected chi connectivity index (χ0v) is 19.5. The molecule has 0 radical (unpaired) electrons. The van der Waals surface area contributed by atoms with E-state index in [9.17, 15) is 14.7 Å². The Morgan fingerprint density at radius 2 is 1.85 bits per heavy atom. The summed E-state index contributed by atoms with van der Waals surface area (Å²) in [5.74, 6) is -0.802. The third-order valence-corrected chi connectivity index (χ3v) is 6.24. The molecule has 1 atom stereocenters. The molecule has 1 fully saturated rings. The smallest absolute Gasteiger partial charge is 0.295 e. The van der Waals surface area contributed by atoms with Crippen LogP contribution in [0.25, 0.3) is 5.76 Å². The number of hydrogen-bond donors (Lipinski definition) is 1. The van der Waals surface area contributed by atoms with Gasteiger partial charge < -0.3 is 19.5 Å². The lowest BCUT2D eigenvalue weighted by Gasteiger charge is -2.25. The van der Waals surface area contributed by atoms with Crippen LogP contribution in [0.2, 0.25) is 0 Å². The highest BCUT2D eigenvalue weighted by atomic mass is 16.5. The standard InChI is InChI=1S/C27H31NO5/c1-17(2)33-22-10-6-9-20(16-22)24-23(26(30)27(31)28(24)13-14-32-3)25(29)21-12-11-18-7-4-5-8-19(18)15-21/h6,9-12,15-17,24,29H,4-5,7-8,13-14H2,1-3H3/b25-23-. The van der Waals surface area contributed by atoms with Crippen molar-refractivity contribution in [2.75, 3.05) is 20.3 Å². The molecule has 1 unspecified atom stereocenters. The first kappa shape index (κ1) is 23.1. The maximum Gasteiger partial charge on any atom is 0.295 e. The van der Waals surface area contributed by atoms with E-state index in [4.69, 9.17) is 9.47 Å². The summed E-state index contributed by atoms with van der Waals surface area (Å²) in [7, 11) is 1.55. The topological polar surface area (TPSA) is 76.1 Å². The van der Waals surface area contributed by atoms with Gasteiger partial charge in [0.15, 0.2) is 0 Å². The summed E-state index contributed by atoms with van der Waals surface area (Å²) in [6, 6.07) is 12.5. The Hall–Kier alpha value is -3.12. The number of methoxy groups -OCH3 is 1. The second-order valence-electron chi connectivity index (χ2n) is 8.91. The minimum atomic E-state index is -0.716. The number of Topliss-reactive ketones (excluding diaryl/α,β-unsaturated/α-hetero) is 1. The number of ether oxygens (including phenoxy) is 2. The lowest BCUT2D eigenvalue weighted by Crippen LogP contribution is -2.32. The van der Waals surface area contributed by atoms with Crippen LogP contribution in [-0.2, 0) is 27.2 Å². The van der Waals surface area contributed by atoms with Gasteiger partial charge >= 0.3 is 0 Å². The van der Waals surface area contributed by atoms with Crippen LogP contribution in [-0.4, -0.2) is 48.1 Å². The fourth-order valence-corrected chi connectivity index (χ4v) is 4.71. The molecule has 1 saturated heterocycles. The van der Waals surface area contributed by atoms with Gasteiger partial charge in [-0.2, -0.15) is 0 Å². The van der Waals surface area contributed by atoms with E-state index in [0.717, 1.165) is 25.7 Å². The molecule has 1 aliphatic heterocycles. The van der Waals surface area contributed by atoms with Gasteiger partial charge in [0.2, 0.25) is 0 Å². The largest absolute Gasteiger partial charge is 0.507 e. The maximum atomic E-state index is 13.1. The van der Waals surface area contributed by atoms with Crippen molar-refractivity contribution >= 4 is 17.4 Å². The average Bonchev–Trinajstić information content (AvgIpc) is 3.06. The summed E-state index contributed by atoms with van der Waals surface area (Å²) >= 11 is 0. The molecule has 0 aromatic heterocycles. The molecule has 0 spiro atoms. The predicted molar refractivity (Wildman–Crippen MR) is 126 cm³/mol. The Morgan fingerprint density at radius 1 is 1.09 bits per heavy atom. The molecule has 0 saturated carbocycles. The van der Waals surface area contributed by atoms with E-state index >= 15 is 0 Å². The van der Waals surface area contributed by atoms with Crippen LogP contribution in [0.3, 0.4) is 0 Å². The molecule has 2 aromatic rings. The van der Waals surface area contributed by atoms with Gasteiger partial charge in [0.1, 0.15) is 11.5 Å². The van der Waals surface area contributed by atoms with Crippen molar-refractivity contribution in [3.63, 3.8) is 0 Å². The number of aryl methyl sites for hydroxylation is 2. The lowest BCUT2D eigenvalue weighted by molar-refractivity contribution is -0.140. The number of fused-ring (bicyclic) bond motifs is 1. The van der Waals surface area contributed by atoms with Crippen molar-refractivity contribution in [1.82, 2.24) is 4.90 Å². The maximum absolute atomic E-state index is 13.1. The average molecular weight is 450 g/mol. The highest BCUT2D eigenvalue weighted by molar-refractivity contribution is 6.46. The monoisotopic (exact) mass is 449 g/mol. The van der Waals surface area contributed by atoms with Gasteiger partial charge in [0.25, 0.3) is 11.7 Å². The van der Waals surface area contributed by atoms with Crippen molar-refractivity contribution in [3.8, 4) is 5.75 Å². The molecular formula is C27H31NO5. The Kier molecular flexibility index (Phi) is 6.84. The first-order chi connectivity index (χ1) is 15.9. The van der Waals surface area contributed by atoms with Gasteiger partial charge in [-0.3, -0.25) is 9.59 Å². The van der Waals surface area contributed by atoms with Gasteiger partial charge in [-0.1, -0.05) is 24.3 Å². The van der Waals surface area contributed by atoms with Gasteiger partial charge in [0, 0.05) is 19.2 Å². The van der Waals surface area contributed by atoms with Crippen molar-refractivity contribution in [2.24, 2.45) is 0 Å². The van der Waals surface area contributed by atoms with Crippen molar-refractivity contribution in [2.45, 2.75) is 51.7 Å². The first-order valence-electron chi connectivity index (χ1n) is 11.6. The van der Waals surface area contributed by atoms with Crippen molar-refractivity contribution in [1.29, 1.82) is 0 Å². The fourth-order valence-electron chi connectivity index (χ4n) is 4.71. The first-order valence-corrected chi connectivity index (χ1v) is 11.6. The van der Waals surface area contributed by atoms with E-state index in [-0.39, 0.29) is 30.6 Å². The Morgan fingerprint density at radius 3 is 2.58 bits per heavy atom. The molecule has 33 heavy (non-hydrogen) atoms. The molecule has 6 heteroatoms. The Labute approximate surface area is 194 Å². The molecule has 1 heterocycles. The number of ketones is 1. The van der Waals surface area contributed by atoms with Crippen LogP contribution in [0, 0.1) is 0 Å². The van der Waals surface area contributed by atoms with Crippen LogP contribution in [0.15, 0.2) is 48.0 Å². The van der Waals surface area contributed by atoms with E-state index in [1.807, 2.05) is 56.3 Å². The van der Waals surface area contributed by atoms with Crippen LogP contribution in [0.5, 0.6) is 5.75 Å². The third-order valence-electron chi connectivity index (χ3n) is 6.24. The molecule has 1 N–H and O–H groups in total. The predicted octanol–water partition coefficient (Wildman–Crippen LogP) is 4.42. The second-order valence-corrected chi connectivity index (χ2v) is 8.91. The molecule has 2 aliphatic rings. The number of amides is 1. The van der Waals surface area contributed by atoms with Crippen molar-refractivity contribution in [3.05, 3.63) is 70.3 Å². The highest BCUT2D eigenvalue weighted by Gasteiger charge is 2.46. The van der Waals surface area contributed by atoms with Crippen LogP contribution in [0.1, 0.15) is 55.0 Å². The van der Waals surface area contributed by atoms with Gasteiger partial charge in [-0.15, -0.1) is 0 Å². The second kappa shape index (κ2) is 9.79. The minimum absolute atomic E-state index is 0.0180. The molecule has 4 rings (SSSR count). The highest BCUT2D eigenvalue weighted by Crippen LogP contribution is 2.40. The van der Waals surface area contributed by atoms with Gasteiger partial charge in [-0.25, -0.2) is 0 Å². The quantitative estimate of drug-likeness (QED) is 0.385. The molecule has 0 bridgehead atoms. The summed E-state index contributed by atoms with van der Waals surface area (Å²) < 4.78 is 11.0. The van der Waals surface area contributed by atoms with Crippen LogP contribution < -0.4 is 4.74 Å². The molecule has 1 aliphatic carbocycles. The zero-order valence-electron chi connectivity index (χ0n) is 19.5. The Balaban J connectivity index is 1.82. The Bertz CT molecular complexity index is 1090. The van der Waals surface area contributed by atoms with E-state index in [1.165, 1.54) is 16.0 Å². The van der Waals surface area contributed by atoms with E-state index < -0.39 is 17.7 Å². The molecule has 1 amide bonds. The van der Waals surface area contributed by atoms with Gasteiger partial charge in [0.05, 0.1) is 24.3 Å². The number of benzene rings is 2. The minimum Gasteiger partial charge on any atom is -0.507 e. The number of nitrogens with zero attached hydrogens (tertiary/aromatic N) is 1. The number of aliphatic hydroxyl groups excluding tert-OH is 1. The molecule has 2 aromatic carbocycles. The number of carbonyl (C=O) groups excluding carboxylic acids is 2. The summed E-state index contributed by atoms with van der Waals surface area (Å²) in [5, 5.41) is 11.3. The summed E-state index contributed by atoms with van der Waals surface area (Å²) in [5.41, 5.74) is 3.87. The number of rotatable bonds is 7. The molecule has 6 nitrogen and oxygen atoms in total. The van der Waals surface area contributed by atoms with E-state index in [0.29, 0.717) is 16.9 Å². The fraction of sp³-hybridized carbons (Fsp3) is 0.407. The zero-order chi connectivity index (χ0) is 23.5. The summed E-state index contributed by atoms with van der Waals surface area (Å²) in [6.07, 6.45) is 4.24. The third kappa shape index (κ3) is 4.67. The molecule has 174 valence electrons. The number of hydrogen-bond acceptors (Lipinski definition) is 5. The van der Waals surface area contributed by atoms with E-state index in [2.05, 4.69) is 0 Å². The van der Waals surface area contributed by atoms with Crippen LogP contribution >= 0.6 is 0 Å².